The van der Waals surface area contributed by atoms with Crippen molar-refractivity contribution in [1.82, 2.24) is 0 Å². The molecule has 31 heavy (non-hydrogen) atoms. The van der Waals surface area contributed by atoms with Crippen LogP contribution in [0.15, 0.2) is 47.5 Å². The van der Waals surface area contributed by atoms with E-state index in [1.54, 1.807) is 26.4 Å². The molecule has 0 heterocycles. The van der Waals surface area contributed by atoms with Gasteiger partial charge in [0.15, 0.2) is 17.5 Å². The van der Waals surface area contributed by atoms with E-state index < -0.39 is 11.7 Å². The minimum atomic E-state index is -0.535. The highest BCUT2D eigenvalue weighted by Gasteiger charge is 2.16. The summed E-state index contributed by atoms with van der Waals surface area (Å²) in [6, 6.07) is 12.9. The van der Waals surface area contributed by atoms with Crippen LogP contribution in [0.2, 0.25) is 0 Å². The molecule has 1 amide bonds. The van der Waals surface area contributed by atoms with Crippen LogP contribution in [-0.2, 0) is 11.2 Å². The molecule has 2 aromatic rings. The number of hydrogen-bond acceptors (Lipinski definition) is 5. The molecule has 2 rings (SSSR count). The van der Waals surface area contributed by atoms with Crippen LogP contribution in [0.1, 0.15) is 26.3 Å². The predicted octanol–water partition coefficient (Wildman–Crippen LogP) is 4.64. The van der Waals surface area contributed by atoms with Gasteiger partial charge in [0.2, 0.25) is 0 Å². The summed E-state index contributed by atoms with van der Waals surface area (Å²) in [4.78, 5) is 16.1. The monoisotopic (exact) mass is 542 g/mol. The molecule has 0 spiro atoms. The number of guanidine groups is 1. The molecule has 0 radical (unpaired) electrons. The van der Waals surface area contributed by atoms with Gasteiger partial charge in [-0.3, -0.25) is 10.3 Å². The second kappa shape index (κ2) is 12.2. The third-order valence-corrected chi connectivity index (χ3v) is 3.94. The first-order valence-corrected chi connectivity index (χ1v) is 9.58. The Balaban J connectivity index is 0.00000480. The number of ether oxygens (including phenoxy) is 3. The van der Waals surface area contributed by atoms with Gasteiger partial charge in [0.1, 0.15) is 5.60 Å². The predicted molar refractivity (Wildman–Crippen MR) is 135 cm³/mol. The molecule has 0 aliphatic carbocycles. The fraction of sp³-hybridized carbons (Fsp3) is 0.364. The number of carbonyl (C=O) groups excluding carboxylic acids is 1. The topological polar surface area (TPSA) is 107 Å². The van der Waals surface area contributed by atoms with E-state index in [-0.39, 0.29) is 24.0 Å². The number of nitrogens with one attached hydrogen (secondary N) is 2. The fourth-order valence-corrected chi connectivity index (χ4v) is 2.58. The average Bonchev–Trinajstić information content (AvgIpc) is 2.67. The van der Waals surface area contributed by atoms with E-state index in [1.807, 2.05) is 51.1 Å². The zero-order valence-corrected chi connectivity index (χ0v) is 20.9. The summed E-state index contributed by atoms with van der Waals surface area (Å²) in [5.74, 6) is 1.56. The van der Waals surface area contributed by atoms with Crippen LogP contribution in [0.5, 0.6) is 11.5 Å². The van der Waals surface area contributed by atoms with Gasteiger partial charge in [-0.25, -0.2) is 4.79 Å². The van der Waals surface area contributed by atoms with Gasteiger partial charge >= 0.3 is 6.09 Å². The lowest BCUT2D eigenvalue weighted by Gasteiger charge is -2.19. The zero-order valence-electron chi connectivity index (χ0n) is 18.5. The lowest BCUT2D eigenvalue weighted by atomic mass is 10.1. The Labute approximate surface area is 200 Å². The Morgan fingerprint density at radius 3 is 2.16 bits per heavy atom. The van der Waals surface area contributed by atoms with Crippen molar-refractivity contribution in [3.8, 4) is 11.5 Å². The van der Waals surface area contributed by atoms with Gasteiger partial charge in [-0.2, -0.15) is 0 Å². The summed E-state index contributed by atoms with van der Waals surface area (Å²) in [6.07, 6.45) is 0.231. The number of aliphatic imine (C=N–C) groups is 1. The Bertz CT molecular complexity index is 880. The van der Waals surface area contributed by atoms with Crippen molar-refractivity contribution in [2.45, 2.75) is 32.8 Å². The Morgan fingerprint density at radius 2 is 1.58 bits per heavy atom. The van der Waals surface area contributed by atoms with Crippen LogP contribution in [0.4, 0.5) is 16.2 Å². The second-order valence-corrected chi connectivity index (χ2v) is 7.54. The molecule has 8 nitrogen and oxygen atoms in total. The van der Waals surface area contributed by atoms with E-state index in [9.17, 15) is 4.79 Å². The van der Waals surface area contributed by atoms with Crippen molar-refractivity contribution in [1.29, 1.82) is 0 Å². The van der Waals surface area contributed by atoms with E-state index in [1.165, 1.54) is 0 Å². The quantitative estimate of drug-likeness (QED) is 0.268. The molecule has 0 atom stereocenters. The van der Waals surface area contributed by atoms with Gasteiger partial charge in [0, 0.05) is 24.0 Å². The van der Waals surface area contributed by atoms with Crippen molar-refractivity contribution in [2.24, 2.45) is 10.7 Å². The number of rotatable bonds is 7. The number of methoxy groups -OCH3 is 2. The number of anilines is 2. The fourth-order valence-electron chi connectivity index (χ4n) is 2.58. The molecule has 0 bridgehead atoms. The van der Waals surface area contributed by atoms with E-state index in [4.69, 9.17) is 19.9 Å². The number of nitrogens with two attached hydrogens (primary N) is 1. The Hall–Kier alpha value is -2.69. The van der Waals surface area contributed by atoms with E-state index >= 15 is 0 Å². The van der Waals surface area contributed by atoms with Crippen molar-refractivity contribution < 1.29 is 19.0 Å². The molecule has 0 unspecified atom stereocenters. The standard InChI is InChI=1S/C22H30N4O4.HI/c1-22(2,3)30-21(27)26-16-8-6-15(7-9-16)12-13-24-20(23)25-17-10-11-18(28-4)19(14-17)29-5;/h6-11,14H,12-13H2,1-5H3,(H,26,27)(H3,23,24,25);1H. The van der Waals surface area contributed by atoms with Crippen LogP contribution in [-0.4, -0.2) is 38.4 Å². The number of hydrogen-bond donors (Lipinski definition) is 3. The molecule has 170 valence electrons. The molecule has 9 heteroatoms. The third kappa shape index (κ3) is 9.33. The first-order valence-electron chi connectivity index (χ1n) is 9.58. The summed E-state index contributed by atoms with van der Waals surface area (Å²) in [5.41, 5.74) is 7.94. The van der Waals surface area contributed by atoms with Crippen molar-refractivity contribution >= 4 is 47.4 Å². The Morgan fingerprint density at radius 1 is 0.968 bits per heavy atom. The molecular weight excluding hydrogens is 511 g/mol. The maximum Gasteiger partial charge on any atom is 0.412 e. The summed E-state index contributed by atoms with van der Waals surface area (Å²) in [7, 11) is 3.16. The van der Waals surface area contributed by atoms with Gasteiger partial charge in [-0.1, -0.05) is 12.1 Å². The van der Waals surface area contributed by atoms with Crippen LogP contribution in [0, 0.1) is 0 Å². The first-order chi connectivity index (χ1) is 14.2. The smallest absolute Gasteiger partial charge is 0.412 e. The van der Waals surface area contributed by atoms with Gasteiger partial charge < -0.3 is 25.3 Å². The lowest BCUT2D eigenvalue weighted by Crippen LogP contribution is -2.27. The van der Waals surface area contributed by atoms with Crippen LogP contribution < -0.4 is 25.8 Å². The summed E-state index contributed by atoms with van der Waals surface area (Å²) in [5, 5.41) is 5.74. The number of carbonyl (C=O) groups is 1. The SMILES string of the molecule is COc1ccc(NC(N)=NCCc2ccc(NC(=O)OC(C)(C)C)cc2)cc1OC.I. The summed E-state index contributed by atoms with van der Waals surface area (Å²) in [6.45, 7) is 5.98. The molecule has 4 N–H and O–H groups in total. The molecular formula is C22H31IN4O4. The maximum atomic E-state index is 11.8. The van der Waals surface area contributed by atoms with Crippen LogP contribution >= 0.6 is 24.0 Å². The van der Waals surface area contributed by atoms with Gasteiger partial charge in [-0.15, -0.1) is 24.0 Å². The highest BCUT2D eigenvalue weighted by atomic mass is 127. The zero-order chi connectivity index (χ0) is 22.1. The average molecular weight is 542 g/mol. The van der Waals surface area contributed by atoms with Gasteiger partial charge in [0.05, 0.1) is 14.2 Å². The van der Waals surface area contributed by atoms with Crippen molar-refractivity contribution in [3.63, 3.8) is 0 Å². The maximum absolute atomic E-state index is 11.8. The van der Waals surface area contributed by atoms with Crippen molar-refractivity contribution in [2.75, 3.05) is 31.4 Å². The number of amides is 1. The minimum absolute atomic E-state index is 0. The molecule has 0 saturated heterocycles. The highest BCUT2D eigenvalue weighted by molar-refractivity contribution is 14.0. The van der Waals surface area contributed by atoms with Gasteiger partial charge in [0.25, 0.3) is 0 Å². The minimum Gasteiger partial charge on any atom is -0.493 e. The molecule has 0 aromatic heterocycles. The van der Waals surface area contributed by atoms with Gasteiger partial charge in [-0.05, 0) is 57.0 Å². The molecule has 2 aromatic carbocycles. The van der Waals surface area contributed by atoms with Crippen molar-refractivity contribution in [3.05, 3.63) is 48.0 Å². The van der Waals surface area contributed by atoms with E-state index in [0.717, 1.165) is 11.3 Å². The summed E-state index contributed by atoms with van der Waals surface area (Å²) >= 11 is 0. The Kier molecular flexibility index (Phi) is 10.4. The molecule has 0 saturated carbocycles. The largest absolute Gasteiger partial charge is 0.493 e. The highest BCUT2D eigenvalue weighted by Crippen LogP contribution is 2.29. The second-order valence-electron chi connectivity index (χ2n) is 7.54. The molecule has 0 aliphatic rings. The third-order valence-electron chi connectivity index (χ3n) is 3.94. The van der Waals surface area contributed by atoms with E-state index in [0.29, 0.717) is 36.1 Å². The summed E-state index contributed by atoms with van der Waals surface area (Å²) < 4.78 is 15.7. The normalized spacial score (nSPS) is 11.2. The van der Waals surface area contributed by atoms with Crippen LogP contribution in [0.25, 0.3) is 0 Å². The number of halogens is 1. The van der Waals surface area contributed by atoms with E-state index in [2.05, 4.69) is 15.6 Å². The number of nitrogens with zero attached hydrogens (tertiary/aromatic N) is 1. The molecule has 0 fully saturated rings. The van der Waals surface area contributed by atoms with Crippen LogP contribution in [0.3, 0.4) is 0 Å². The first kappa shape index (κ1) is 26.3. The number of benzene rings is 2. The molecule has 0 aliphatic heterocycles. The lowest BCUT2D eigenvalue weighted by molar-refractivity contribution is 0.0636.